The Morgan fingerprint density at radius 1 is 1.00 bits per heavy atom. The normalized spacial score (nSPS) is 8.46. The Bertz CT molecular complexity index is 297. The Labute approximate surface area is 99.0 Å². The van der Waals surface area contributed by atoms with Crippen molar-refractivity contribution >= 4 is 38.0 Å². The molecule has 0 saturated carbocycles. The molecule has 0 bridgehead atoms. The molecule has 0 spiro atoms. The van der Waals surface area contributed by atoms with Crippen molar-refractivity contribution in [3.05, 3.63) is 48.5 Å². The molecule has 1 radical (unpaired) electrons. The standard InChI is InChI=1S/C10H7.2BrH.Zn/c1-2-6-10-8-4-3-7-9(10)5-1;;;/h1-3,5-8H;2*1H;/q;;;+2/p-2. The zero-order valence-corrected chi connectivity index (χ0v) is 13.1. The van der Waals surface area contributed by atoms with Crippen molar-refractivity contribution in [2.75, 3.05) is 0 Å². The fraction of sp³-hybridized carbons (Fsp3) is 0. The first-order valence-corrected chi connectivity index (χ1v) is 17.7. The van der Waals surface area contributed by atoms with Gasteiger partial charge in [0.1, 0.15) is 0 Å². The summed E-state index contributed by atoms with van der Waals surface area (Å²) < 4.78 is 0. The smallest absolute Gasteiger partial charge is 0.0177 e. The first kappa shape index (κ1) is 11.4. The van der Waals surface area contributed by atoms with Crippen molar-refractivity contribution < 1.29 is 13.2 Å². The maximum Gasteiger partial charge on any atom is -0.0177 e. The molecule has 13 heavy (non-hydrogen) atoms. The van der Waals surface area contributed by atoms with Crippen molar-refractivity contribution in [2.45, 2.75) is 0 Å². The van der Waals surface area contributed by atoms with Crippen molar-refractivity contribution in [1.82, 2.24) is 0 Å². The summed E-state index contributed by atoms with van der Waals surface area (Å²) in [6, 6.07) is 17.3. The van der Waals surface area contributed by atoms with Crippen LogP contribution in [-0.4, -0.2) is 0 Å². The molecule has 3 heteroatoms. The van der Waals surface area contributed by atoms with Crippen LogP contribution in [0.3, 0.4) is 0 Å². The van der Waals surface area contributed by atoms with Crippen LogP contribution >= 0.6 is 27.2 Å². The number of fused-ring (bicyclic) bond motifs is 1. The molecule has 0 aliphatic rings. The van der Waals surface area contributed by atoms with Crippen LogP contribution in [0.2, 0.25) is 0 Å². The van der Waals surface area contributed by atoms with E-state index in [9.17, 15) is 0 Å². The van der Waals surface area contributed by atoms with Gasteiger partial charge in [-0.1, -0.05) is 36.4 Å². The molecular weight excluding hydrogens is 345 g/mol. The van der Waals surface area contributed by atoms with E-state index in [0.29, 0.717) is 0 Å². The SMILES string of the molecule is [Br][Zn][Br].[c]1ccc2ccccc2c1. The molecule has 2 rings (SSSR count). The van der Waals surface area contributed by atoms with Gasteiger partial charge in [-0.3, -0.25) is 0 Å². The van der Waals surface area contributed by atoms with Gasteiger partial charge in [-0.2, -0.15) is 0 Å². The number of benzene rings is 2. The van der Waals surface area contributed by atoms with Crippen LogP contribution in [0.1, 0.15) is 0 Å². The van der Waals surface area contributed by atoms with Gasteiger partial charge < -0.3 is 0 Å². The second kappa shape index (κ2) is 6.70. The van der Waals surface area contributed by atoms with E-state index >= 15 is 0 Å². The second-order valence-electron chi connectivity index (χ2n) is 2.37. The molecule has 0 amide bonds. The topological polar surface area (TPSA) is 0 Å². The van der Waals surface area contributed by atoms with E-state index in [0.717, 1.165) is 0 Å². The molecule has 0 unspecified atom stereocenters. The first-order chi connectivity index (χ1) is 6.38. The zero-order chi connectivity index (χ0) is 9.52. The molecule has 0 heterocycles. The van der Waals surface area contributed by atoms with Gasteiger partial charge >= 0.3 is 40.5 Å². The van der Waals surface area contributed by atoms with E-state index in [2.05, 4.69) is 51.5 Å². The summed E-state index contributed by atoms with van der Waals surface area (Å²) in [7, 11) is 0. The van der Waals surface area contributed by atoms with E-state index in [1.165, 1.54) is 10.8 Å². The van der Waals surface area contributed by atoms with Gasteiger partial charge in [0.05, 0.1) is 0 Å². The molecule has 0 aliphatic heterocycles. The Morgan fingerprint density at radius 3 is 2.23 bits per heavy atom. The van der Waals surface area contributed by atoms with Crippen LogP contribution in [0, 0.1) is 6.07 Å². The number of rotatable bonds is 0. The summed E-state index contributed by atoms with van der Waals surface area (Å²) in [4.78, 5) is 0. The van der Waals surface area contributed by atoms with E-state index < -0.39 is 0 Å². The van der Waals surface area contributed by atoms with Crippen molar-refractivity contribution in [3.63, 3.8) is 0 Å². The summed E-state index contributed by atoms with van der Waals surface area (Å²) in [6.45, 7) is 0. The van der Waals surface area contributed by atoms with Gasteiger partial charge in [0.2, 0.25) is 0 Å². The molecule has 0 aromatic heterocycles. The summed E-state index contributed by atoms with van der Waals surface area (Å²) >= 11 is 6.25. The van der Waals surface area contributed by atoms with Crippen LogP contribution in [0.15, 0.2) is 42.5 Å². The third kappa shape index (κ3) is 3.89. The largest absolute Gasteiger partial charge is 0.0616 e. The van der Waals surface area contributed by atoms with Gasteiger partial charge in [-0.25, -0.2) is 0 Å². The second-order valence-corrected chi connectivity index (χ2v) is 16.4. The van der Waals surface area contributed by atoms with E-state index in [4.69, 9.17) is 0 Å². The Hall–Kier alpha value is 0.283. The zero-order valence-electron chi connectivity index (χ0n) is 7.00. The maximum absolute atomic E-state index is 3.25. The molecule has 0 saturated heterocycles. The van der Waals surface area contributed by atoms with Crippen molar-refractivity contribution in [1.29, 1.82) is 0 Å². The first-order valence-electron chi connectivity index (χ1n) is 3.85. The van der Waals surface area contributed by atoms with Crippen molar-refractivity contribution in [3.8, 4) is 0 Å². The summed E-state index contributed by atoms with van der Waals surface area (Å²) in [5.74, 6) is 0. The van der Waals surface area contributed by atoms with E-state index in [1.54, 1.807) is 0 Å². The van der Waals surface area contributed by atoms with Crippen LogP contribution in [0.4, 0.5) is 0 Å². The number of hydrogen-bond donors (Lipinski definition) is 0. The fourth-order valence-corrected chi connectivity index (χ4v) is 1.07. The Kier molecular flexibility index (Phi) is 5.85. The molecular formula is C10H7Br2Zn. The average Bonchev–Trinajstić information content (AvgIpc) is 2.19. The summed E-state index contributed by atoms with van der Waals surface area (Å²) in [5.41, 5.74) is 0. The molecule has 0 atom stereocenters. The molecule has 2 aromatic rings. The Balaban J connectivity index is 0.000000251. The number of hydrogen-bond acceptors (Lipinski definition) is 0. The predicted molar refractivity (Wildman–Crippen MR) is 60.6 cm³/mol. The monoisotopic (exact) mass is 349 g/mol. The third-order valence-electron chi connectivity index (χ3n) is 1.59. The average molecular weight is 352 g/mol. The molecule has 2 aromatic carbocycles. The minimum atomic E-state index is -0.250. The van der Waals surface area contributed by atoms with Gasteiger partial charge in [-0.15, -0.1) is 0 Å². The van der Waals surface area contributed by atoms with Gasteiger partial charge in [-0.05, 0) is 22.9 Å². The molecule has 0 N–H and O–H groups in total. The van der Waals surface area contributed by atoms with Crippen LogP contribution in [-0.2, 0) is 13.2 Å². The van der Waals surface area contributed by atoms with Gasteiger partial charge in [0.15, 0.2) is 0 Å². The molecule has 0 nitrogen and oxygen atoms in total. The minimum Gasteiger partial charge on any atom is -0.0616 e. The Morgan fingerprint density at radius 2 is 1.62 bits per heavy atom. The van der Waals surface area contributed by atoms with Gasteiger partial charge in [0, 0.05) is 0 Å². The third-order valence-corrected chi connectivity index (χ3v) is 1.59. The number of halogens is 2. The predicted octanol–water partition coefficient (Wildman–Crippen LogP) is 4.33. The molecule has 0 fully saturated rings. The molecule has 63 valence electrons. The maximum atomic E-state index is 3.25. The van der Waals surface area contributed by atoms with Crippen LogP contribution in [0.25, 0.3) is 10.8 Å². The van der Waals surface area contributed by atoms with Gasteiger partial charge in [0.25, 0.3) is 0 Å². The quantitative estimate of drug-likeness (QED) is 0.619. The fourth-order valence-electron chi connectivity index (χ4n) is 1.07. The van der Waals surface area contributed by atoms with Crippen molar-refractivity contribution in [2.24, 2.45) is 0 Å². The minimum absolute atomic E-state index is 0.250. The van der Waals surface area contributed by atoms with E-state index in [1.807, 2.05) is 24.3 Å². The van der Waals surface area contributed by atoms with Crippen LogP contribution < -0.4 is 0 Å². The van der Waals surface area contributed by atoms with Crippen LogP contribution in [0.5, 0.6) is 0 Å². The van der Waals surface area contributed by atoms with E-state index in [-0.39, 0.29) is 13.2 Å². The molecule has 0 aliphatic carbocycles. The summed E-state index contributed by atoms with van der Waals surface area (Å²) in [5, 5.41) is 2.53. The summed E-state index contributed by atoms with van der Waals surface area (Å²) in [6.07, 6.45) is 0.